The van der Waals surface area contributed by atoms with Crippen molar-refractivity contribution in [3.63, 3.8) is 0 Å². The fraction of sp³-hybridized carbons (Fsp3) is 0.455. The monoisotopic (exact) mass is 211 g/mol. The van der Waals surface area contributed by atoms with E-state index in [4.69, 9.17) is 20.7 Å². The van der Waals surface area contributed by atoms with E-state index in [0.717, 1.165) is 11.3 Å². The lowest BCUT2D eigenvalue weighted by molar-refractivity contribution is 0.00725. The average Bonchev–Trinajstić information content (AvgIpc) is 2.26. The number of ether oxygens (including phenoxy) is 1. The molecule has 15 heavy (non-hydrogen) atoms. The van der Waals surface area contributed by atoms with Gasteiger partial charge in [-0.05, 0) is 18.1 Å². The van der Waals surface area contributed by atoms with Crippen LogP contribution in [0, 0.1) is 0 Å². The zero-order valence-electron chi connectivity index (χ0n) is 8.60. The third kappa shape index (κ3) is 4.29. The number of rotatable bonds is 6. The number of para-hydroxylation sites is 1. The van der Waals surface area contributed by atoms with Crippen molar-refractivity contribution in [2.24, 2.45) is 0 Å². The summed E-state index contributed by atoms with van der Waals surface area (Å²) < 4.78 is 5.18. The molecule has 0 spiro atoms. The summed E-state index contributed by atoms with van der Waals surface area (Å²) in [6, 6.07) is 7.60. The van der Waals surface area contributed by atoms with Gasteiger partial charge in [-0.2, -0.15) is 0 Å². The molecule has 0 radical (unpaired) electrons. The lowest BCUT2D eigenvalue weighted by Gasteiger charge is -2.09. The Hall–Kier alpha value is -1.10. The van der Waals surface area contributed by atoms with E-state index in [1.165, 1.54) is 0 Å². The molecule has 0 saturated carbocycles. The summed E-state index contributed by atoms with van der Waals surface area (Å²) in [5.74, 6) is 0. The highest BCUT2D eigenvalue weighted by molar-refractivity contribution is 5.46. The van der Waals surface area contributed by atoms with Gasteiger partial charge in [0, 0.05) is 5.69 Å². The van der Waals surface area contributed by atoms with E-state index in [0.29, 0.717) is 13.0 Å². The minimum absolute atomic E-state index is 0.156. The Morgan fingerprint density at radius 1 is 1.33 bits per heavy atom. The van der Waals surface area contributed by atoms with Gasteiger partial charge < -0.3 is 20.7 Å². The summed E-state index contributed by atoms with van der Waals surface area (Å²) >= 11 is 0. The van der Waals surface area contributed by atoms with E-state index >= 15 is 0 Å². The molecule has 0 aliphatic rings. The van der Waals surface area contributed by atoms with Crippen molar-refractivity contribution >= 4 is 5.69 Å². The molecule has 0 amide bonds. The summed E-state index contributed by atoms with van der Waals surface area (Å²) in [6.45, 7) is 0.377. The zero-order chi connectivity index (χ0) is 11.1. The Labute approximate surface area is 89.3 Å². The lowest BCUT2D eigenvalue weighted by Crippen LogP contribution is -2.20. The fourth-order valence-corrected chi connectivity index (χ4v) is 1.22. The first-order valence-electron chi connectivity index (χ1n) is 4.94. The third-order valence-corrected chi connectivity index (χ3v) is 2.09. The first kappa shape index (κ1) is 12.0. The van der Waals surface area contributed by atoms with Crippen LogP contribution < -0.4 is 5.73 Å². The van der Waals surface area contributed by atoms with Crippen molar-refractivity contribution in [2.75, 3.05) is 25.6 Å². The summed E-state index contributed by atoms with van der Waals surface area (Å²) in [7, 11) is 0. The molecule has 1 unspecified atom stereocenters. The molecule has 4 N–H and O–H groups in total. The second kappa shape index (κ2) is 6.40. The van der Waals surface area contributed by atoms with E-state index in [1.54, 1.807) is 0 Å². The maximum Gasteiger partial charge on any atom is 0.100 e. The van der Waals surface area contributed by atoms with Crippen LogP contribution in [0.3, 0.4) is 0 Å². The van der Waals surface area contributed by atoms with Gasteiger partial charge in [-0.25, -0.2) is 0 Å². The van der Waals surface area contributed by atoms with E-state index in [2.05, 4.69) is 0 Å². The zero-order valence-corrected chi connectivity index (χ0v) is 8.60. The van der Waals surface area contributed by atoms with E-state index in [-0.39, 0.29) is 13.2 Å². The predicted octanol–water partition coefficient (Wildman–Crippen LogP) is 0.181. The van der Waals surface area contributed by atoms with Gasteiger partial charge >= 0.3 is 0 Å². The third-order valence-electron chi connectivity index (χ3n) is 2.09. The molecule has 1 atom stereocenters. The summed E-state index contributed by atoms with van der Waals surface area (Å²) in [4.78, 5) is 0. The molecule has 0 heterocycles. The van der Waals surface area contributed by atoms with Gasteiger partial charge in [-0.15, -0.1) is 0 Å². The molecular formula is C11H17NO3. The number of anilines is 1. The van der Waals surface area contributed by atoms with Gasteiger partial charge in [-0.1, -0.05) is 18.2 Å². The highest BCUT2D eigenvalue weighted by atomic mass is 16.5. The first-order chi connectivity index (χ1) is 7.24. The van der Waals surface area contributed by atoms with Crippen LogP contribution in [0.5, 0.6) is 0 Å². The molecule has 4 nitrogen and oxygen atoms in total. The molecule has 1 aromatic rings. The number of nitrogen functional groups attached to an aromatic ring is 1. The maximum atomic E-state index is 9.01. The molecule has 0 aromatic heterocycles. The van der Waals surface area contributed by atoms with Crippen molar-refractivity contribution in [3.05, 3.63) is 29.8 Å². The molecule has 84 valence electrons. The smallest absolute Gasteiger partial charge is 0.100 e. The largest absolute Gasteiger partial charge is 0.399 e. The molecular weight excluding hydrogens is 194 g/mol. The predicted molar refractivity (Wildman–Crippen MR) is 58.5 cm³/mol. The van der Waals surface area contributed by atoms with Crippen LogP contribution in [0.2, 0.25) is 0 Å². The van der Waals surface area contributed by atoms with Crippen molar-refractivity contribution in [1.29, 1.82) is 0 Å². The summed E-state index contributed by atoms with van der Waals surface area (Å²) in [6.07, 6.45) is -0.0803. The number of aliphatic hydroxyl groups excluding tert-OH is 2. The minimum Gasteiger partial charge on any atom is -0.399 e. The Morgan fingerprint density at radius 2 is 2.07 bits per heavy atom. The van der Waals surface area contributed by atoms with Crippen molar-refractivity contribution in [3.8, 4) is 0 Å². The fourth-order valence-electron chi connectivity index (χ4n) is 1.22. The van der Waals surface area contributed by atoms with Crippen LogP contribution in [0.4, 0.5) is 5.69 Å². The standard InChI is InChI=1S/C11H17NO3/c12-11-4-2-1-3-9(11)5-6-15-8-10(14)7-13/h1-4,10,13-14H,5-8,12H2. The number of aliphatic hydroxyl groups is 2. The van der Waals surface area contributed by atoms with Crippen LogP contribution in [0.25, 0.3) is 0 Å². The Morgan fingerprint density at radius 3 is 2.73 bits per heavy atom. The van der Waals surface area contributed by atoms with Crippen molar-refractivity contribution in [2.45, 2.75) is 12.5 Å². The number of hydrogen-bond acceptors (Lipinski definition) is 4. The van der Waals surface area contributed by atoms with E-state index in [9.17, 15) is 0 Å². The molecule has 1 rings (SSSR count). The number of nitrogens with two attached hydrogens (primary N) is 1. The van der Waals surface area contributed by atoms with Crippen LogP contribution in [0.1, 0.15) is 5.56 Å². The first-order valence-corrected chi connectivity index (χ1v) is 4.94. The second-order valence-electron chi connectivity index (χ2n) is 3.36. The molecule has 0 saturated heterocycles. The van der Waals surface area contributed by atoms with Crippen molar-refractivity contribution in [1.82, 2.24) is 0 Å². The van der Waals surface area contributed by atoms with E-state index < -0.39 is 6.10 Å². The maximum absolute atomic E-state index is 9.01. The SMILES string of the molecule is Nc1ccccc1CCOCC(O)CO. The van der Waals surface area contributed by atoms with Gasteiger partial charge in [0.15, 0.2) is 0 Å². The van der Waals surface area contributed by atoms with Crippen LogP contribution in [0.15, 0.2) is 24.3 Å². The lowest BCUT2D eigenvalue weighted by atomic mass is 10.1. The van der Waals surface area contributed by atoms with Gasteiger partial charge in [0.2, 0.25) is 0 Å². The second-order valence-corrected chi connectivity index (χ2v) is 3.36. The van der Waals surface area contributed by atoms with Gasteiger partial charge in [0.05, 0.1) is 19.8 Å². The molecule has 0 bridgehead atoms. The molecule has 0 fully saturated rings. The average molecular weight is 211 g/mol. The van der Waals surface area contributed by atoms with E-state index in [1.807, 2.05) is 24.3 Å². The highest BCUT2D eigenvalue weighted by Gasteiger charge is 2.02. The quantitative estimate of drug-likeness (QED) is 0.463. The topological polar surface area (TPSA) is 75.7 Å². The molecule has 0 aliphatic heterocycles. The number of benzene rings is 1. The van der Waals surface area contributed by atoms with Crippen LogP contribution >= 0.6 is 0 Å². The Bertz CT molecular complexity index is 291. The Balaban J connectivity index is 2.23. The summed E-state index contributed by atoms with van der Waals surface area (Å²) in [5, 5.41) is 17.6. The normalized spacial score (nSPS) is 12.7. The molecule has 4 heteroatoms. The van der Waals surface area contributed by atoms with Crippen LogP contribution in [-0.2, 0) is 11.2 Å². The van der Waals surface area contributed by atoms with Crippen LogP contribution in [-0.4, -0.2) is 36.1 Å². The minimum atomic E-state index is -0.793. The molecule has 0 aliphatic carbocycles. The van der Waals surface area contributed by atoms with Gasteiger partial charge in [-0.3, -0.25) is 0 Å². The van der Waals surface area contributed by atoms with Gasteiger partial charge in [0.25, 0.3) is 0 Å². The molecule has 1 aromatic carbocycles. The van der Waals surface area contributed by atoms with Gasteiger partial charge in [0.1, 0.15) is 6.10 Å². The Kier molecular flexibility index (Phi) is 5.10. The number of hydrogen-bond donors (Lipinski definition) is 3. The highest BCUT2D eigenvalue weighted by Crippen LogP contribution is 2.10. The van der Waals surface area contributed by atoms with Crippen molar-refractivity contribution < 1.29 is 14.9 Å². The summed E-state index contributed by atoms with van der Waals surface area (Å²) in [5.41, 5.74) is 7.54.